The van der Waals surface area contributed by atoms with Crippen LogP contribution in [0.5, 0.6) is 5.75 Å². The fourth-order valence-corrected chi connectivity index (χ4v) is 4.76. The van der Waals surface area contributed by atoms with Gasteiger partial charge in [0.05, 0.1) is 19.7 Å². The van der Waals surface area contributed by atoms with E-state index in [4.69, 9.17) is 4.74 Å². The predicted molar refractivity (Wildman–Crippen MR) is 108 cm³/mol. The van der Waals surface area contributed by atoms with Crippen molar-refractivity contribution in [3.8, 4) is 5.75 Å². The first-order valence-electron chi connectivity index (χ1n) is 9.30. The fourth-order valence-electron chi connectivity index (χ4n) is 3.14. The summed E-state index contributed by atoms with van der Waals surface area (Å²) in [6, 6.07) is 15.2. The average Bonchev–Trinajstić information content (AvgIpc) is 3.12. The predicted octanol–water partition coefficient (Wildman–Crippen LogP) is 3.85. The van der Waals surface area contributed by atoms with Crippen molar-refractivity contribution in [2.45, 2.75) is 38.0 Å². The van der Waals surface area contributed by atoms with Crippen molar-refractivity contribution < 1.29 is 13.2 Å². The van der Waals surface area contributed by atoms with E-state index in [1.807, 2.05) is 57.2 Å². The van der Waals surface area contributed by atoms with Gasteiger partial charge >= 0.3 is 0 Å². The summed E-state index contributed by atoms with van der Waals surface area (Å²) in [5, 5.41) is 0. The lowest BCUT2D eigenvalue weighted by Gasteiger charge is -2.23. The summed E-state index contributed by atoms with van der Waals surface area (Å²) < 4.78 is 34.0. The van der Waals surface area contributed by atoms with Gasteiger partial charge in [0.1, 0.15) is 16.5 Å². The average molecular weight is 387 g/mol. The Hall–Kier alpha value is -2.34. The Kier molecular flexibility index (Phi) is 5.85. The standard InChI is InChI=1S/C21H26N2O3S/c1-4-26-19-11-10-18(16(2)3)15-20(19)27(24,25)23-13-12-22-21(23)14-17-8-6-5-7-9-17/h5-11,15-16H,4,12-14H2,1-3H3. The normalized spacial score (nSPS) is 14.5. The van der Waals surface area contributed by atoms with Crippen LogP contribution in [0.4, 0.5) is 0 Å². The molecule has 0 amide bonds. The molecule has 0 saturated heterocycles. The van der Waals surface area contributed by atoms with Crippen LogP contribution < -0.4 is 4.74 Å². The number of aliphatic imine (C=N–C) groups is 1. The first-order valence-corrected chi connectivity index (χ1v) is 10.7. The minimum absolute atomic E-state index is 0.221. The van der Waals surface area contributed by atoms with E-state index in [2.05, 4.69) is 4.99 Å². The molecule has 0 saturated carbocycles. The van der Waals surface area contributed by atoms with Crippen molar-refractivity contribution in [3.05, 3.63) is 59.7 Å². The molecule has 0 spiro atoms. The Bertz CT molecular complexity index is 922. The van der Waals surface area contributed by atoms with Gasteiger partial charge in [0.25, 0.3) is 10.0 Å². The number of amidine groups is 1. The van der Waals surface area contributed by atoms with Crippen molar-refractivity contribution in [1.29, 1.82) is 0 Å². The van der Waals surface area contributed by atoms with Crippen LogP contribution in [0.25, 0.3) is 0 Å². The molecule has 0 aromatic heterocycles. The SMILES string of the molecule is CCOc1ccc(C(C)C)cc1S(=O)(=O)N1CCN=C1Cc1ccccc1. The molecular formula is C21H26N2O3S. The molecule has 1 aliphatic rings. The van der Waals surface area contributed by atoms with E-state index in [1.54, 1.807) is 12.1 Å². The van der Waals surface area contributed by atoms with E-state index in [9.17, 15) is 8.42 Å². The minimum Gasteiger partial charge on any atom is -0.492 e. The monoisotopic (exact) mass is 386 g/mol. The number of hydrogen-bond acceptors (Lipinski definition) is 4. The molecule has 0 N–H and O–H groups in total. The van der Waals surface area contributed by atoms with E-state index in [-0.39, 0.29) is 10.8 Å². The quantitative estimate of drug-likeness (QED) is 0.726. The molecule has 0 fully saturated rings. The smallest absolute Gasteiger partial charge is 0.269 e. The van der Waals surface area contributed by atoms with Crippen molar-refractivity contribution >= 4 is 15.9 Å². The molecule has 2 aromatic rings. The maximum atomic E-state index is 13.5. The molecule has 0 radical (unpaired) electrons. The Morgan fingerprint density at radius 2 is 1.89 bits per heavy atom. The zero-order chi connectivity index (χ0) is 19.4. The highest BCUT2D eigenvalue weighted by molar-refractivity contribution is 7.89. The zero-order valence-electron chi connectivity index (χ0n) is 16.1. The first-order chi connectivity index (χ1) is 12.9. The van der Waals surface area contributed by atoms with Crippen molar-refractivity contribution in [1.82, 2.24) is 4.31 Å². The molecule has 0 unspecified atom stereocenters. The minimum atomic E-state index is -3.74. The molecule has 1 heterocycles. The van der Waals surface area contributed by atoms with Gasteiger partial charge in [-0.1, -0.05) is 50.2 Å². The van der Waals surface area contributed by atoms with Gasteiger partial charge in [-0.15, -0.1) is 0 Å². The van der Waals surface area contributed by atoms with Gasteiger partial charge in [0.15, 0.2) is 0 Å². The van der Waals surface area contributed by atoms with E-state index in [0.717, 1.165) is 11.1 Å². The van der Waals surface area contributed by atoms with Gasteiger partial charge < -0.3 is 4.74 Å². The van der Waals surface area contributed by atoms with Gasteiger partial charge in [-0.05, 0) is 36.1 Å². The molecular weight excluding hydrogens is 360 g/mol. The lowest BCUT2D eigenvalue weighted by molar-refractivity contribution is 0.330. The largest absolute Gasteiger partial charge is 0.492 e. The molecule has 27 heavy (non-hydrogen) atoms. The fraction of sp³-hybridized carbons (Fsp3) is 0.381. The second kappa shape index (κ2) is 8.13. The Balaban J connectivity index is 1.98. The highest BCUT2D eigenvalue weighted by Gasteiger charge is 2.33. The number of hydrogen-bond donors (Lipinski definition) is 0. The number of rotatable bonds is 7. The molecule has 1 aliphatic heterocycles. The third kappa shape index (κ3) is 4.16. The van der Waals surface area contributed by atoms with Gasteiger partial charge in [-0.25, -0.2) is 8.42 Å². The Labute approximate surface area is 161 Å². The Morgan fingerprint density at radius 3 is 2.56 bits per heavy atom. The lowest BCUT2D eigenvalue weighted by atomic mass is 10.0. The van der Waals surface area contributed by atoms with Crippen LogP contribution in [-0.4, -0.2) is 38.3 Å². The second-order valence-electron chi connectivity index (χ2n) is 6.83. The summed E-state index contributed by atoms with van der Waals surface area (Å²) in [5.74, 6) is 1.21. The van der Waals surface area contributed by atoms with Crippen molar-refractivity contribution in [3.63, 3.8) is 0 Å². The van der Waals surface area contributed by atoms with Gasteiger partial charge in [0, 0.05) is 6.42 Å². The highest BCUT2D eigenvalue weighted by Crippen LogP contribution is 2.32. The molecule has 144 valence electrons. The Morgan fingerprint density at radius 1 is 1.15 bits per heavy atom. The molecule has 0 atom stereocenters. The molecule has 3 rings (SSSR count). The van der Waals surface area contributed by atoms with E-state index >= 15 is 0 Å². The van der Waals surface area contributed by atoms with Crippen LogP contribution >= 0.6 is 0 Å². The third-order valence-electron chi connectivity index (χ3n) is 4.59. The topological polar surface area (TPSA) is 59.0 Å². The number of sulfonamides is 1. The van der Waals surface area contributed by atoms with Crippen LogP contribution in [0.2, 0.25) is 0 Å². The maximum Gasteiger partial charge on any atom is 0.269 e. The van der Waals surface area contributed by atoms with Crippen LogP contribution in [0.3, 0.4) is 0 Å². The van der Waals surface area contributed by atoms with Crippen LogP contribution in [0.15, 0.2) is 58.4 Å². The van der Waals surface area contributed by atoms with E-state index in [1.165, 1.54) is 4.31 Å². The maximum absolute atomic E-state index is 13.5. The number of nitrogens with zero attached hydrogens (tertiary/aromatic N) is 2. The van der Waals surface area contributed by atoms with Crippen molar-refractivity contribution in [2.24, 2.45) is 4.99 Å². The summed E-state index contributed by atoms with van der Waals surface area (Å²) >= 11 is 0. The molecule has 0 aliphatic carbocycles. The van der Waals surface area contributed by atoms with Crippen molar-refractivity contribution in [2.75, 3.05) is 19.7 Å². The zero-order valence-corrected chi connectivity index (χ0v) is 16.9. The van der Waals surface area contributed by atoms with Gasteiger partial charge in [-0.2, -0.15) is 0 Å². The lowest BCUT2D eigenvalue weighted by Crippen LogP contribution is -2.35. The van der Waals surface area contributed by atoms with Gasteiger partial charge in [-0.3, -0.25) is 9.30 Å². The molecule has 0 bridgehead atoms. The van der Waals surface area contributed by atoms with Crippen LogP contribution in [0, 0.1) is 0 Å². The third-order valence-corrected chi connectivity index (χ3v) is 6.44. The van der Waals surface area contributed by atoms with Gasteiger partial charge in [0.2, 0.25) is 0 Å². The van der Waals surface area contributed by atoms with E-state index < -0.39 is 10.0 Å². The van der Waals surface area contributed by atoms with Crippen LogP contribution in [0.1, 0.15) is 37.8 Å². The summed E-state index contributed by atoms with van der Waals surface area (Å²) in [7, 11) is -3.74. The molecule has 2 aromatic carbocycles. The summed E-state index contributed by atoms with van der Waals surface area (Å²) in [6.45, 7) is 7.20. The second-order valence-corrected chi connectivity index (χ2v) is 8.66. The van der Waals surface area contributed by atoms with E-state index in [0.29, 0.717) is 37.7 Å². The summed E-state index contributed by atoms with van der Waals surface area (Å²) in [6.07, 6.45) is 0.494. The van der Waals surface area contributed by atoms with Crippen LogP contribution in [-0.2, 0) is 16.4 Å². The molecule has 5 nitrogen and oxygen atoms in total. The number of benzene rings is 2. The first kappa shape index (κ1) is 19.4. The molecule has 6 heteroatoms. The summed E-state index contributed by atoms with van der Waals surface area (Å²) in [5.41, 5.74) is 2.01. The highest BCUT2D eigenvalue weighted by atomic mass is 32.2. The number of ether oxygens (including phenoxy) is 1. The summed E-state index contributed by atoms with van der Waals surface area (Å²) in [4.78, 5) is 4.68.